The third-order valence-corrected chi connectivity index (χ3v) is 9.83. The molecule has 2 aliphatic heterocycles. The molecule has 1 aromatic carbocycles. The van der Waals surface area contributed by atoms with Gasteiger partial charge in [0.15, 0.2) is 0 Å². The maximum atomic E-state index is 13.2. The minimum Gasteiger partial charge on any atom is -0.379 e. The van der Waals surface area contributed by atoms with Gasteiger partial charge in [-0.25, -0.2) is 25.9 Å². The molecule has 0 radical (unpaired) electrons. The van der Waals surface area contributed by atoms with Crippen LogP contribution in [0.25, 0.3) is 0 Å². The standard InChI is InChI=1S/C20H25N3O6S3/c1-15-4-5-16(23-20(24)6-12-31(23,25)26)13-19(15)32(27,28)21-14-17(18-3-2-11-30-18)22-7-9-29-10-8-22/h2-5,11,13,17,21H,6-10,12,14H2,1H3. The first-order chi connectivity index (χ1) is 15.2. The van der Waals surface area contributed by atoms with Gasteiger partial charge in [-0.1, -0.05) is 12.1 Å². The van der Waals surface area contributed by atoms with Gasteiger partial charge in [-0.3, -0.25) is 9.69 Å². The van der Waals surface area contributed by atoms with Crippen molar-refractivity contribution in [1.29, 1.82) is 0 Å². The molecular formula is C20H25N3O6S3. The lowest BCUT2D eigenvalue weighted by molar-refractivity contribution is -0.116. The van der Waals surface area contributed by atoms with Crippen LogP contribution in [0.2, 0.25) is 0 Å². The third kappa shape index (κ3) is 4.75. The second kappa shape index (κ2) is 9.20. The van der Waals surface area contributed by atoms with Crippen molar-refractivity contribution >= 4 is 43.0 Å². The van der Waals surface area contributed by atoms with E-state index in [-0.39, 0.29) is 35.3 Å². The number of ether oxygens (including phenoxy) is 1. The third-order valence-electron chi connectivity index (χ3n) is 5.60. The summed E-state index contributed by atoms with van der Waals surface area (Å²) in [6, 6.07) is 8.00. The summed E-state index contributed by atoms with van der Waals surface area (Å²) in [5, 5.41) is 1.96. The average Bonchev–Trinajstić information content (AvgIpc) is 3.37. The van der Waals surface area contributed by atoms with Crippen molar-refractivity contribution in [2.45, 2.75) is 24.3 Å². The van der Waals surface area contributed by atoms with Crippen molar-refractivity contribution in [3.8, 4) is 0 Å². The SMILES string of the molecule is Cc1ccc(N2C(=O)CCS2(=O)=O)cc1S(=O)(=O)NCC(c1cccs1)N1CCOCC1. The summed E-state index contributed by atoms with van der Waals surface area (Å²) in [5.74, 6) is -0.836. The number of morpholine rings is 1. The number of benzene rings is 1. The maximum absolute atomic E-state index is 13.2. The highest BCUT2D eigenvalue weighted by Gasteiger charge is 2.37. The first-order valence-corrected chi connectivity index (χ1v) is 14.2. The van der Waals surface area contributed by atoms with Crippen LogP contribution in [0.15, 0.2) is 40.6 Å². The molecule has 2 fully saturated rings. The van der Waals surface area contributed by atoms with Gasteiger partial charge < -0.3 is 4.74 Å². The van der Waals surface area contributed by atoms with E-state index in [0.29, 0.717) is 36.2 Å². The van der Waals surface area contributed by atoms with Gasteiger partial charge in [0.2, 0.25) is 26.0 Å². The van der Waals surface area contributed by atoms with Gasteiger partial charge in [0.25, 0.3) is 0 Å². The molecule has 3 heterocycles. The molecule has 4 rings (SSSR count). The molecule has 2 aliphatic rings. The Kier molecular flexibility index (Phi) is 6.71. The van der Waals surface area contributed by atoms with Gasteiger partial charge in [-0.15, -0.1) is 11.3 Å². The predicted molar refractivity (Wildman–Crippen MR) is 122 cm³/mol. The zero-order chi connectivity index (χ0) is 22.9. The Hall–Kier alpha value is -1.83. The molecular weight excluding hydrogens is 474 g/mol. The largest absolute Gasteiger partial charge is 0.379 e. The predicted octanol–water partition coefficient (Wildman–Crippen LogP) is 1.47. The van der Waals surface area contributed by atoms with Gasteiger partial charge in [0.1, 0.15) is 0 Å². The molecule has 0 spiro atoms. The zero-order valence-corrected chi connectivity index (χ0v) is 20.0. The van der Waals surface area contributed by atoms with Crippen LogP contribution in [0.3, 0.4) is 0 Å². The van der Waals surface area contributed by atoms with Crippen LogP contribution < -0.4 is 9.03 Å². The van der Waals surface area contributed by atoms with E-state index in [4.69, 9.17) is 4.74 Å². The van der Waals surface area contributed by atoms with Crippen LogP contribution in [0.4, 0.5) is 5.69 Å². The summed E-state index contributed by atoms with van der Waals surface area (Å²) in [7, 11) is -7.74. The second-order valence-electron chi connectivity index (χ2n) is 7.71. The summed E-state index contributed by atoms with van der Waals surface area (Å²) >= 11 is 1.57. The number of aryl methyl sites for hydroxylation is 1. The molecule has 1 aromatic heterocycles. The molecule has 12 heteroatoms. The van der Waals surface area contributed by atoms with Crippen molar-refractivity contribution in [2.75, 3.05) is 42.9 Å². The first-order valence-electron chi connectivity index (χ1n) is 10.2. The summed E-state index contributed by atoms with van der Waals surface area (Å²) in [4.78, 5) is 15.3. The fourth-order valence-corrected chi connectivity index (χ4v) is 7.53. The number of rotatable bonds is 7. The summed E-state index contributed by atoms with van der Waals surface area (Å²) < 4.78 is 59.8. The lowest BCUT2D eigenvalue weighted by Crippen LogP contribution is -2.43. The molecule has 174 valence electrons. The van der Waals surface area contributed by atoms with Crippen molar-refractivity contribution in [2.24, 2.45) is 0 Å². The second-order valence-corrected chi connectivity index (χ2v) is 12.4. The monoisotopic (exact) mass is 499 g/mol. The number of thiophene rings is 1. The maximum Gasteiger partial charge on any atom is 0.242 e. The Balaban J connectivity index is 1.59. The minimum atomic E-state index is -3.96. The van der Waals surface area contributed by atoms with E-state index in [2.05, 4.69) is 9.62 Å². The minimum absolute atomic E-state index is 0.0430. The van der Waals surface area contributed by atoms with Crippen molar-refractivity contribution in [3.05, 3.63) is 46.2 Å². The van der Waals surface area contributed by atoms with E-state index in [1.807, 2.05) is 17.5 Å². The van der Waals surface area contributed by atoms with Gasteiger partial charge in [0.05, 0.1) is 35.6 Å². The highest BCUT2D eigenvalue weighted by molar-refractivity contribution is 7.94. The van der Waals surface area contributed by atoms with Crippen LogP contribution in [0, 0.1) is 6.92 Å². The van der Waals surface area contributed by atoms with Crippen molar-refractivity contribution in [3.63, 3.8) is 0 Å². The smallest absolute Gasteiger partial charge is 0.242 e. The van der Waals surface area contributed by atoms with E-state index < -0.39 is 26.0 Å². The Morgan fingerprint density at radius 2 is 1.97 bits per heavy atom. The Morgan fingerprint density at radius 1 is 1.22 bits per heavy atom. The van der Waals surface area contributed by atoms with Crippen LogP contribution in [-0.2, 0) is 29.6 Å². The van der Waals surface area contributed by atoms with Crippen LogP contribution in [0.5, 0.6) is 0 Å². The highest BCUT2D eigenvalue weighted by Crippen LogP contribution is 2.30. The summed E-state index contributed by atoms with van der Waals surface area (Å²) in [5.41, 5.74) is 0.505. The number of hydrogen-bond acceptors (Lipinski definition) is 8. The van der Waals surface area contributed by atoms with E-state index >= 15 is 0 Å². The number of carbonyl (C=O) groups excluding carboxylic acids is 1. The van der Waals surface area contributed by atoms with Gasteiger partial charge >= 0.3 is 0 Å². The number of amides is 1. The van der Waals surface area contributed by atoms with Crippen LogP contribution >= 0.6 is 11.3 Å². The lowest BCUT2D eigenvalue weighted by Gasteiger charge is -2.34. The normalized spacial score (nSPS) is 20.5. The molecule has 1 unspecified atom stereocenters. The van der Waals surface area contributed by atoms with Crippen LogP contribution in [0.1, 0.15) is 22.9 Å². The number of carbonyl (C=O) groups is 1. The quantitative estimate of drug-likeness (QED) is 0.614. The lowest BCUT2D eigenvalue weighted by atomic mass is 10.2. The van der Waals surface area contributed by atoms with E-state index in [1.54, 1.807) is 18.3 Å². The number of nitrogens with one attached hydrogen (secondary N) is 1. The average molecular weight is 500 g/mol. The fraction of sp³-hybridized carbons (Fsp3) is 0.450. The van der Waals surface area contributed by atoms with Crippen molar-refractivity contribution < 1.29 is 26.4 Å². The van der Waals surface area contributed by atoms with Gasteiger partial charge in [-0.2, -0.15) is 0 Å². The van der Waals surface area contributed by atoms with Crippen molar-refractivity contribution in [1.82, 2.24) is 9.62 Å². The molecule has 1 atom stereocenters. The van der Waals surface area contributed by atoms with E-state index in [1.165, 1.54) is 18.2 Å². The molecule has 32 heavy (non-hydrogen) atoms. The summed E-state index contributed by atoms with van der Waals surface area (Å²) in [6.45, 7) is 4.38. The number of hydrogen-bond donors (Lipinski definition) is 1. The highest BCUT2D eigenvalue weighted by atomic mass is 32.2. The molecule has 9 nitrogen and oxygen atoms in total. The molecule has 0 bridgehead atoms. The summed E-state index contributed by atoms with van der Waals surface area (Å²) in [6.07, 6.45) is -0.113. The van der Waals surface area contributed by atoms with Crippen LogP contribution in [-0.4, -0.2) is 66.2 Å². The Morgan fingerprint density at radius 3 is 2.59 bits per heavy atom. The molecule has 2 aromatic rings. The topological polar surface area (TPSA) is 113 Å². The Labute approximate surface area is 192 Å². The molecule has 1 N–H and O–H groups in total. The molecule has 2 saturated heterocycles. The molecule has 0 saturated carbocycles. The number of anilines is 1. The zero-order valence-electron chi connectivity index (χ0n) is 17.6. The van der Waals surface area contributed by atoms with E-state index in [9.17, 15) is 21.6 Å². The first kappa shape index (κ1) is 23.3. The molecule has 0 aliphatic carbocycles. The van der Waals surface area contributed by atoms with E-state index in [0.717, 1.165) is 4.88 Å². The van der Waals surface area contributed by atoms with Gasteiger partial charge in [-0.05, 0) is 36.1 Å². The molecule has 1 amide bonds. The number of nitrogens with zero attached hydrogens (tertiary/aromatic N) is 2. The Bertz CT molecular complexity index is 1190. The number of sulfonamides is 2. The fourth-order valence-electron chi connectivity index (χ4n) is 3.92. The van der Waals surface area contributed by atoms with Gasteiger partial charge in [0, 0.05) is 30.9 Å².